The first-order valence-corrected chi connectivity index (χ1v) is 10.2. The van der Waals surface area contributed by atoms with Gasteiger partial charge in [-0.3, -0.25) is 9.69 Å². The number of hydrogen-bond donors (Lipinski definition) is 3. The first kappa shape index (κ1) is 26.5. The van der Waals surface area contributed by atoms with E-state index in [9.17, 15) is 9.18 Å². The van der Waals surface area contributed by atoms with Gasteiger partial charge in [-0.15, -0.1) is 0 Å². The molecule has 1 aromatic rings. The maximum absolute atomic E-state index is 13.0. The molecule has 1 aromatic carbocycles. The zero-order chi connectivity index (χ0) is 23.6. The number of likely N-dealkylation sites (tertiary alicyclic amines) is 1. The molecule has 0 atom stereocenters. The highest BCUT2D eigenvalue weighted by Gasteiger charge is 2.27. The summed E-state index contributed by atoms with van der Waals surface area (Å²) in [5.74, 6) is -3.55. The normalized spacial score (nSPS) is 15.2. The Labute approximate surface area is 183 Å². The molecule has 1 aliphatic heterocycles. The predicted molar refractivity (Wildman–Crippen MR) is 115 cm³/mol. The highest BCUT2D eigenvalue weighted by atomic mass is 19.1. The molecular weight excluding hydrogens is 405 g/mol. The largest absolute Gasteiger partial charge is 0.473 e. The van der Waals surface area contributed by atoms with Crippen molar-refractivity contribution in [3.63, 3.8) is 0 Å². The van der Waals surface area contributed by atoms with Crippen molar-refractivity contribution in [3.8, 4) is 0 Å². The van der Waals surface area contributed by atoms with Gasteiger partial charge in [0, 0.05) is 25.6 Å². The maximum atomic E-state index is 13.0. The Morgan fingerprint density at radius 3 is 2.06 bits per heavy atom. The van der Waals surface area contributed by atoms with Crippen molar-refractivity contribution in [2.45, 2.75) is 33.2 Å². The summed E-state index contributed by atoms with van der Waals surface area (Å²) in [6.45, 7) is 8.66. The van der Waals surface area contributed by atoms with Crippen molar-refractivity contribution < 1.29 is 29.0 Å². The second-order valence-corrected chi connectivity index (χ2v) is 8.91. The molecule has 0 aromatic heterocycles. The van der Waals surface area contributed by atoms with Gasteiger partial charge >= 0.3 is 11.9 Å². The van der Waals surface area contributed by atoms with Gasteiger partial charge in [0.15, 0.2) is 0 Å². The number of carbonyl (C=O) groups excluding carboxylic acids is 1. The number of piperidine rings is 1. The highest BCUT2D eigenvalue weighted by molar-refractivity contribution is 6.27. The van der Waals surface area contributed by atoms with Crippen LogP contribution in [0.1, 0.15) is 32.3 Å². The second-order valence-electron chi connectivity index (χ2n) is 8.91. The summed E-state index contributed by atoms with van der Waals surface area (Å²) >= 11 is 0. The number of carbonyl (C=O) groups is 3. The smallest absolute Gasteiger partial charge is 0.414 e. The summed E-state index contributed by atoms with van der Waals surface area (Å²) in [5.41, 5.74) is 1.19. The van der Waals surface area contributed by atoms with Crippen LogP contribution in [0.15, 0.2) is 24.3 Å². The summed E-state index contributed by atoms with van der Waals surface area (Å²) in [4.78, 5) is 35.1. The van der Waals surface area contributed by atoms with E-state index in [1.54, 1.807) is 0 Å². The molecule has 0 aliphatic carbocycles. The number of carboxylic acid groups (broad SMARTS) is 2. The van der Waals surface area contributed by atoms with Crippen LogP contribution in [-0.4, -0.2) is 78.1 Å². The summed E-state index contributed by atoms with van der Waals surface area (Å²) < 4.78 is 13.0. The van der Waals surface area contributed by atoms with E-state index >= 15 is 0 Å². The summed E-state index contributed by atoms with van der Waals surface area (Å²) in [7, 11) is 4.11. The molecule has 3 N–H and O–H groups in total. The van der Waals surface area contributed by atoms with Crippen LogP contribution in [0.25, 0.3) is 0 Å². The molecule has 8 nitrogen and oxygen atoms in total. The number of benzene rings is 1. The van der Waals surface area contributed by atoms with Crippen LogP contribution in [0, 0.1) is 17.2 Å². The summed E-state index contributed by atoms with van der Waals surface area (Å²) in [6.07, 6.45) is 1.78. The zero-order valence-corrected chi connectivity index (χ0v) is 18.7. The van der Waals surface area contributed by atoms with E-state index in [2.05, 4.69) is 43.1 Å². The van der Waals surface area contributed by atoms with Crippen LogP contribution in [-0.2, 0) is 20.9 Å². The minimum absolute atomic E-state index is 0.0719. The third kappa shape index (κ3) is 10.9. The Kier molecular flexibility index (Phi) is 10.6. The van der Waals surface area contributed by atoms with Gasteiger partial charge in [-0.05, 0) is 63.1 Å². The van der Waals surface area contributed by atoms with Crippen LogP contribution < -0.4 is 5.32 Å². The third-order valence-corrected chi connectivity index (χ3v) is 4.95. The van der Waals surface area contributed by atoms with Crippen molar-refractivity contribution in [2.24, 2.45) is 11.3 Å². The molecule has 1 fully saturated rings. The average Bonchev–Trinajstić information content (AvgIpc) is 2.68. The molecule has 1 aliphatic rings. The fraction of sp³-hybridized carbons (Fsp3) is 0.591. The van der Waals surface area contributed by atoms with Gasteiger partial charge in [0.2, 0.25) is 5.91 Å². The van der Waals surface area contributed by atoms with Crippen LogP contribution in [0.3, 0.4) is 0 Å². The molecule has 0 bridgehead atoms. The lowest BCUT2D eigenvalue weighted by Gasteiger charge is -2.33. The topological polar surface area (TPSA) is 110 Å². The molecule has 2 rings (SSSR count). The predicted octanol–water partition coefficient (Wildman–Crippen LogP) is 1.90. The van der Waals surface area contributed by atoms with Gasteiger partial charge in [-0.1, -0.05) is 26.0 Å². The minimum atomic E-state index is -1.82. The monoisotopic (exact) mass is 439 g/mol. The molecule has 0 saturated carbocycles. The number of aliphatic carboxylic acids is 2. The lowest BCUT2D eigenvalue weighted by molar-refractivity contribution is -0.159. The van der Waals surface area contributed by atoms with Gasteiger partial charge in [-0.25, -0.2) is 14.0 Å². The maximum Gasteiger partial charge on any atom is 0.414 e. The molecule has 1 saturated heterocycles. The van der Waals surface area contributed by atoms with E-state index in [1.165, 1.54) is 12.1 Å². The number of rotatable bonds is 7. The molecular formula is C22H34FN3O5. The molecule has 1 heterocycles. The summed E-state index contributed by atoms with van der Waals surface area (Å²) in [5, 5.41) is 17.9. The molecule has 0 unspecified atom stereocenters. The Morgan fingerprint density at radius 2 is 1.61 bits per heavy atom. The lowest BCUT2D eigenvalue weighted by Crippen LogP contribution is -2.44. The van der Waals surface area contributed by atoms with Crippen molar-refractivity contribution in [1.82, 2.24) is 15.1 Å². The quantitative estimate of drug-likeness (QED) is 0.557. The van der Waals surface area contributed by atoms with Gasteiger partial charge in [-0.2, -0.15) is 0 Å². The number of nitrogens with zero attached hydrogens (tertiary/aromatic N) is 2. The number of hydrogen-bond acceptors (Lipinski definition) is 5. The number of carboxylic acids is 2. The Morgan fingerprint density at radius 1 is 1.10 bits per heavy atom. The first-order valence-electron chi connectivity index (χ1n) is 10.2. The number of halogens is 1. The SMILES string of the molecule is CN(C)CC(C)(C)CNC(=O)C1CCN(Cc2ccc(F)cc2)CC1.O=C(O)C(=O)O. The minimum Gasteiger partial charge on any atom is -0.473 e. The Bertz CT molecular complexity index is 717. The number of nitrogens with one attached hydrogen (secondary N) is 1. The van der Waals surface area contributed by atoms with Gasteiger partial charge in [0.1, 0.15) is 5.82 Å². The van der Waals surface area contributed by atoms with Crippen LogP contribution in [0.4, 0.5) is 4.39 Å². The summed E-state index contributed by atoms with van der Waals surface area (Å²) in [6, 6.07) is 6.68. The van der Waals surface area contributed by atoms with Gasteiger partial charge in [0.05, 0.1) is 0 Å². The van der Waals surface area contributed by atoms with E-state index in [-0.39, 0.29) is 23.1 Å². The zero-order valence-electron chi connectivity index (χ0n) is 18.7. The van der Waals surface area contributed by atoms with Gasteiger partial charge < -0.3 is 20.4 Å². The van der Waals surface area contributed by atoms with E-state index in [0.717, 1.165) is 44.6 Å². The standard InChI is InChI=1S/C20H32FN3O.C2H2O4/c1-20(2,15-23(3)4)14-22-19(25)17-9-11-24(12-10-17)13-16-5-7-18(21)8-6-16;3-1(4)2(5)6/h5-8,17H,9-15H2,1-4H3,(H,22,25);(H,3,4)(H,5,6). The van der Waals surface area contributed by atoms with E-state index in [4.69, 9.17) is 19.8 Å². The van der Waals surface area contributed by atoms with E-state index < -0.39 is 11.9 Å². The van der Waals surface area contributed by atoms with Crippen LogP contribution in [0.5, 0.6) is 0 Å². The molecule has 0 radical (unpaired) electrons. The fourth-order valence-electron chi connectivity index (χ4n) is 3.58. The van der Waals surface area contributed by atoms with Gasteiger partial charge in [0.25, 0.3) is 0 Å². The van der Waals surface area contributed by atoms with E-state index in [1.807, 2.05) is 12.1 Å². The van der Waals surface area contributed by atoms with Crippen LogP contribution in [0.2, 0.25) is 0 Å². The first-order chi connectivity index (χ1) is 14.4. The molecule has 174 valence electrons. The average molecular weight is 440 g/mol. The van der Waals surface area contributed by atoms with Crippen molar-refractivity contribution in [3.05, 3.63) is 35.6 Å². The van der Waals surface area contributed by atoms with Crippen molar-refractivity contribution >= 4 is 17.8 Å². The molecule has 31 heavy (non-hydrogen) atoms. The second kappa shape index (κ2) is 12.4. The van der Waals surface area contributed by atoms with Crippen molar-refractivity contribution in [2.75, 3.05) is 40.3 Å². The Balaban J connectivity index is 0.000000703. The van der Waals surface area contributed by atoms with E-state index in [0.29, 0.717) is 6.54 Å². The molecule has 0 spiro atoms. The molecule has 9 heteroatoms. The molecule has 1 amide bonds. The lowest BCUT2D eigenvalue weighted by atomic mass is 9.91. The third-order valence-electron chi connectivity index (χ3n) is 4.95. The number of amides is 1. The fourth-order valence-corrected chi connectivity index (χ4v) is 3.58. The highest BCUT2D eigenvalue weighted by Crippen LogP contribution is 2.20. The van der Waals surface area contributed by atoms with Crippen molar-refractivity contribution in [1.29, 1.82) is 0 Å². The van der Waals surface area contributed by atoms with Crippen LogP contribution >= 0.6 is 0 Å². The Hall–Kier alpha value is -2.52.